The van der Waals surface area contributed by atoms with Crippen molar-refractivity contribution in [1.29, 1.82) is 0 Å². The van der Waals surface area contributed by atoms with Crippen LogP contribution in [0.5, 0.6) is 0 Å². The Morgan fingerprint density at radius 2 is 1.24 bits per heavy atom. The van der Waals surface area contributed by atoms with Gasteiger partial charge in [0.25, 0.3) is 0 Å². The van der Waals surface area contributed by atoms with Gasteiger partial charge in [0, 0.05) is 0 Å². The van der Waals surface area contributed by atoms with Gasteiger partial charge in [0.05, 0.1) is 6.10 Å². The monoisotopic (exact) mass is 290 g/mol. The summed E-state index contributed by atoms with van der Waals surface area (Å²) < 4.78 is 0. The first-order valence-corrected chi connectivity index (χ1v) is 8.96. The lowest BCUT2D eigenvalue weighted by Gasteiger charge is -2.19. The maximum absolute atomic E-state index is 10.3. The Balaban J connectivity index is 3.14. The SMILES string of the molecule is CCCCc1cc(CCCC)c(C(C)O)c(CCCC)c1. The van der Waals surface area contributed by atoms with Gasteiger partial charge in [-0.1, -0.05) is 52.2 Å². The summed E-state index contributed by atoms with van der Waals surface area (Å²) in [5.41, 5.74) is 5.48. The molecule has 1 rings (SSSR count). The van der Waals surface area contributed by atoms with Crippen LogP contribution in [0, 0.1) is 0 Å². The summed E-state index contributed by atoms with van der Waals surface area (Å²) in [4.78, 5) is 0. The molecule has 0 aliphatic carbocycles. The number of hydrogen-bond acceptors (Lipinski definition) is 1. The van der Waals surface area contributed by atoms with E-state index in [0.29, 0.717) is 0 Å². The predicted molar refractivity (Wildman–Crippen MR) is 92.9 cm³/mol. The largest absolute Gasteiger partial charge is 0.389 e. The molecule has 0 aliphatic rings. The zero-order chi connectivity index (χ0) is 15.7. The molecule has 1 unspecified atom stereocenters. The normalized spacial score (nSPS) is 12.6. The average molecular weight is 290 g/mol. The van der Waals surface area contributed by atoms with E-state index in [-0.39, 0.29) is 6.10 Å². The van der Waals surface area contributed by atoms with Crippen LogP contribution in [-0.2, 0) is 19.3 Å². The second-order valence-electron chi connectivity index (χ2n) is 6.31. The van der Waals surface area contributed by atoms with Crippen molar-refractivity contribution in [1.82, 2.24) is 0 Å². The van der Waals surface area contributed by atoms with Gasteiger partial charge in [0.1, 0.15) is 0 Å². The second-order valence-corrected chi connectivity index (χ2v) is 6.31. The summed E-state index contributed by atoms with van der Waals surface area (Å²) in [5.74, 6) is 0. The van der Waals surface area contributed by atoms with E-state index in [9.17, 15) is 5.11 Å². The summed E-state index contributed by atoms with van der Waals surface area (Å²) in [6.45, 7) is 8.65. The molecule has 0 bridgehead atoms. The summed E-state index contributed by atoms with van der Waals surface area (Å²) in [6.07, 6.45) is 10.4. The maximum atomic E-state index is 10.3. The molecule has 0 aliphatic heterocycles. The molecule has 1 nitrogen and oxygen atoms in total. The Morgan fingerprint density at radius 3 is 1.62 bits per heavy atom. The number of benzene rings is 1. The zero-order valence-electron chi connectivity index (χ0n) is 14.5. The summed E-state index contributed by atoms with van der Waals surface area (Å²) in [7, 11) is 0. The highest BCUT2D eigenvalue weighted by molar-refractivity contribution is 5.41. The lowest BCUT2D eigenvalue weighted by Crippen LogP contribution is -2.06. The van der Waals surface area contributed by atoms with E-state index in [0.717, 1.165) is 12.8 Å². The van der Waals surface area contributed by atoms with Gasteiger partial charge >= 0.3 is 0 Å². The first kappa shape index (κ1) is 18.2. The molecule has 0 fully saturated rings. The van der Waals surface area contributed by atoms with Crippen molar-refractivity contribution in [2.75, 3.05) is 0 Å². The van der Waals surface area contributed by atoms with Gasteiger partial charge in [-0.15, -0.1) is 0 Å². The van der Waals surface area contributed by atoms with Crippen molar-refractivity contribution < 1.29 is 5.11 Å². The van der Waals surface area contributed by atoms with Crippen LogP contribution in [0.4, 0.5) is 0 Å². The van der Waals surface area contributed by atoms with Crippen LogP contribution in [0.2, 0.25) is 0 Å². The quantitative estimate of drug-likeness (QED) is 0.580. The predicted octanol–water partition coefficient (Wildman–Crippen LogP) is 5.77. The molecular weight excluding hydrogens is 256 g/mol. The Morgan fingerprint density at radius 1 is 0.810 bits per heavy atom. The number of rotatable bonds is 10. The fourth-order valence-corrected chi connectivity index (χ4v) is 3.06. The van der Waals surface area contributed by atoms with Gasteiger partial charge in [0.2, 0.25) is 0 Å². The van der Waals surface area contributed by atoms with Crippen LogP contribution in [0.25, 0.3) is 0 Å². The fraction of sp³-hybridized carbons (Fsp3) is 0.700. The molecule has 1 heteroatoms. The maximum Gasteiger partial charge on any atom is 0.0767 e. The smallest absolute Gasteiger partial charge is 0.0767 e. The van der Waals surface area contributed by atoms with E-state index < -0.39 is 0 Å². The molecule has 0 aromatic heterocycles. The van der Waals surface area contributed by atoms with E-state index in [2.05, 4.69) is 32.9 Å². The highest BCUT2D eigenvalue weighted by Crippen LogP contribution is 2.28. The number of unbranched alkanes of at least 4 members (excludes halogenated alkanes) is 3. The van der Waals surface area contributed by atoms with Crippen LogP contribution >= 0.6 is 0 Å². The van der Waals surface area contributed by atoms with Crippen LogP contribution in [0.3, 0.4) is 0 Å². The third kappa shape index (κ3) is 5.82. The molecule has 0 saturated heterocycles. The third-order valence-corrected chi connectivity index (χ3v) is 4.25. The molecule has 0 amide bonds. The summed E-state index contributed by atoms with van der Waals surface area (Å²) in [5, 5.41) is 10.3. The van der Waals surface area contributed by atoms with E-state index in [1.165, 1.54) is 67.2 Å². The highest BCUT2D eigenvalue weighted by Gasteiger charge is 2.14. The van der Waals surface area contributed by atoms with Crippen molar-refractivity contribution in [2.45, 2.75) is 91.6 Å². The topological polar surface area (TPSA) is 20.2 Å². The first-order chi connectivity index (χ1) is 10.1. The lowest BCUT2D eigenvalue weighted by molar-refractivity contribution is 0.197. The van der Waals surface area contributed by atoms with Crippen LogP contribution < -0.4 is 0 Å². The second kappa shape index (κ2) is 10.00. The minimum absolute atomic E-state index is 0.344. The molecule has 1 aromatic carbocycles. The standard InChI is InChI=1S/C20H34O/c1-5-8-11-17-14-18(12-9-6-2)20(16(4)21)19(15-17)13-10-7-3/h14-16,21H,5-13H2,1-4H3. The number of hydrogen-bond donors (Lipinski definition) is 1. The molecule has 0 heterocycles. The molecule has 0 radical (unpaired) electrons. The number of aliphatic hydroxyl groups is 1. The Labute approximate surface area is 131 Å². The van der Waals surface area contributed by atoms with Crippen molar-refractivity contribution >= 4 is 0 Å². The van der Waals surface area contributed by atoms with Gasteiger partial charge in [-0.25, -0.2) is 0 Å². The molecule has 1 atom stereocenters. The number of aliphatic hydroxyl groups excluding tert-OH is 1. The van der Waals surface area contributed by atoms with Crippen LogP contribution in [-0.4, -0.2) is 5.11 Å². The molecule has 1 N–H and O–H groups in total. The average Bonchev–Trinajstić information content (AvgIpc) is 2.47. The van der Waals surface area contributed by atoms with Crippen molar-refractivity contribution in [2.24, 2.45) is 0 Å². The van der Waals surface area contributed by atoms with Gasteiger partial charge in [-0.05, 0) is 67.7 Å². The molecule has 21 heavy (non-hydrogen) atoms. The summed E-state index contributed by atoms with van der Waals surface area (Å²) >= 11 is 0. The molecule has 0 saturated carbocycles. The minimum Gasteiger partial charge on any atom is -0.389 e. The van der Waals surface area contributed by atoms with Crippen molar-refractivity contribution in [3.05, 3.63) is 34.4 Å². The molecular formula is C20H34O. The molecule has 0 spiro atoms. The van der Waals surface area contributed by atoms with Gasteiger partial charge in [-0.3, -0.25) is 0 Å². The van der Waals surface area contributed by atoms with Crippen LogP contribution in [0.1, 0.15) is 94.6 Å². The van der Waals surface area contributed by atoms with Crippen LogP contribution in [0.15, 0.2) is 12.1 Å². The van der Waals surface area contributed by atoms with Gasteiger partial charge < -0.3 is 5.11 Å². The Hall–Kier alpha value is -0.820. The van der Waals surface area contributed by atoms with E-state index in [1.807, 2.05) is 6.92 Å². The highest BCUT2D eigenvalue weighted by atomic mass is 16.3. The number of aryl methyl sites for hydroxylation is 3. The van der Waals surface area contributed by atoms with E-state index >= 15 is 0 Å². The lowest BCUT2D eigenvalue weighted by atomic mass is 9.88. The van der Waals surface area contributed by atoms with E-state index in [4.69, 9.17) is 0 Å². The molecule has 1 aromatic rings. The Bertz CT molecular complexity index is 377. The van der Waals surface area contributed by atoms with E-state index in [1.54, 1.807) is 0 Å². The summed E-state index contributed by atoms with van der Waals surface area (Å²) in [6, 6.07) is 4.73. The van der Waals surface area contributed by atoms with Gasteiger partial charge in [-0.2, -0.15) is 0 Å². The van der Waals surface area contributed by atoms with Gasteiger partial charge in [0.15, 0.2) is 0 Å². The first-order valence-electron chi connectivity index (χ1n) is 8.96. The Kier molecular flexibility index (Phi) is 8.68. The van der Waals surface area contributed by atoms with Crippen molar-refractivity contribution in [3.8, 4) is 0 Å². The molecule has 120 valence electrons. The fourth-order valence-electron chi connectivity index (χ4n) is 3.06. The zero-order valence-corrected chi connectivity index (χ0v) is 14.5. The minimum atomic E-state index is -0.344. The third-order valence-electron chi connectivity index (χ3n) is 4.25. The van der Waals surface area contributed by atoms with Crippen molar-refractivity contribution in [3.63, 3.8) is 0 Å².